The summed E-state index contributed by atoms with van der Waals surface area (Å²) >= 11 is 0. The Hall–Kier alpha value is -2.38. The molecule has 1 nitrogen and oxygen atoms in total. The lowest BCUT2D eigenvalue weighted by atomic mass is 9.88. The van der Waals surface area contributed by atoms with Crippen molar-refractivity contribution in [2.75, 3.05) is 6.54 Å². The van der Waals surface area contributed by atoms with Crippen LogP contribution in [-0.2, 0) is 0 Å². The van der Waals surface area contributed by atoms with E-state index < -0.39 is 0 Å². The van der Waals surface area contributed by atoms with E-state index in [-0.39, 0.29) is 0 Å². The minimum atomic E-state index is 0.360. The first-order chi connectivity index (χ1) is 13.1. The van der Waals surface area contributed by atoms with Gasteiger partial charge in [0.2, 0.25) is 0 Å². The second-order valence-electron chi connectivity index (χ2n) is 7.66. The summed E-state index contributed by atoms with van der Waals surface area (Å²) in [5, 5.41) is 3.72. The molecule has 140 valence electrons. The van der Waals surface area contributed by atoms with Gasteiger partial charge < -0.3 is 5.32 Å². The maximum Gasteiger partial charge on any atom is 0.0291 e. The van der Waals surface area contributed by atoms with Gasteiger partial charge in [0.15, 0.2) is 0 Å². The van der Waals surface area contributed by atoms with Gasteiger partial charge in [0.25, 0.3) is 0 Å². The van der Waals surface area contributed by atoms with Crippen molar-refractivity contribution in [3.63, 3.8) is 0 Å². The molecule has 3 aromatic carbocycles. The smallest absolute Gasteiger partial charge is 0.0291 e. The van der Waals surface area contributed by atoms with E-state index in [2.05, 4.69) is 111 Å². The zero-order valence-corrected chi connectivity index (χ0v) is 16.7. The molecular formula is C26H31N. The fourth-order valence-corrected chi connectivity index (χ4v) is 3.63. The Morgan fingerprint density at radius 3 is 1.56 bits per heavy atom. The molecule has 0 aromatic heterocycles. The minimum absolute atomic E-state index is 0.360. The summed E-state index contributed by atoms with van der Waals surface area (Å²) in [7, 11) is 0. The average Bonchev–Trinajstić information content (AvgIpc) is 2.72. The molecule has 0 heterocycles. The maximum absolute atomic E-state index is 3.72. The third kappa shape index (κ3) is 5.30. The minimum Gasteiger partial charge on any atom is -0.310 e. The van der Waals surface area contributed by atoms with Gasteiger partial charge in [-0.15, -0.1) is 0 Å². The highest BCUT2D eigenvalue weighted by Crippen LogP contribution is 2.28. The van der Waals surface area contributed by atoms with Crippen molar-refractivity contribution in [1.82, 2.24) is 5.32 Å². The molecule has 0 radical (unpaired) electrons. The lowest BCUT2D eigenvalue weighted by Gasteiger charge is -2.21. The van der Waals surface area contributed by atoms with Crippen LogP contribution in [0.3, 0.4) is 0 Å². The van der Waals surface area contributed by atoms with Crippen LogP contribution in [0.2, 0.25) is 0 Å². The molecule has 0 aliphatic heterocycles. The highest BCUT2D eigenvalue weighted by Gasteiger charge is 2.14. The highest BCUT2D eigenvalue weighted by molar-refractivity contribution is 5.32. The van der Waals surface area contributed by atoms with E-state index in [1.165, 1.54) is 22.3 Å². The van der Waals surface area contributed by atoms with Gasteiger partial charge in [-0.1, -0.05) is 98.8 Å². The van der Waals surface area contributed by atoms with Crippen LogP contribution < -0.4 is 5.32 Å². The van der Waals surface area contributed by atoms with Crippen LogP contribution in [-0.4, -0.2) is 6.54 Å². The molecule has 0 fully saturated rings. The predicted octanol–water partition coefficient (Wildman–Crippen LogP) is 6.68. The molecule has 1 N–H and O–H groups in total. The van der Waals surface area contributed by atoms with Crippen molar-refractivity contribution in [2.24, 2.45) is 0 Å². The molecule has 0 aliphatic rings. The molecule has 0 aliphatic carbocycles. The third-order valence-corrected chi connectivity index (χ3v) is 5.39. The summed E-state index contributed by atoms with van der Waals surface area (Å²) in [6.07, 6.45) is 1.09. The van der Waals surface area contributed by atoms with E-state index in [4.69, 9.17) is 0 Å². The van der Waals surface area contributed by atoms with Crippen molar-refractivity contribution >= 4 is 0 Å². The molecule has 1 heteroatoms. The highest BCUT2D eigenvalue weighted by atomic mass is 14.9. The predicted molar refractivity (Wildman–Crippen MR) is 116 cm³/mol. The zero-order valence-electron chi connectivity index (χ0n) is 16.7. The summed E-state index contributed by atoms with van der Waals surface area (Å²) in [4.78, 5) is 0. The van der Waals surface area contributed by atoms with Gasteiger partial charge in [0.05, 0.1) is 0 Å². The van der Waals surface area contributed by atoms with Gasteiger partial charge in [-0.25, -0.2) is 0 Å². The van der Waals surface area contributed by atoms with Crippen LogP contribution in [0.5, 0.6) is 0 Å². The summed E-state index contributed by atoms with van der Waals surface area (Å²) in [6, 6.07) is 31.1. The monoisotopic (exact) mass is 357 g/mol. The summed E-state index contributed by atoms with van der Waals surface area (Å²) < 4.78 is 0. The molecule has 0 amide bonds. The van der Waals surface area contributed by atoms with Crippen LogP contribution in [0.15, 0.2) is 84.9 Å². The maximum atomic E-state index is 3.72. The first-order valence-electron chi connectivity index (χ1n) is 10.1. The average molecular weight is 358 g/mol. The van der Waals surface area contributed by atoms with Crippen molar-refractivity contribution in [3.05, 3.63) is 107 Å². The Kier molecular flexibility index (Phi) is 6.84. The Morgan fingerprint density at radius 1 is 0.593 bits per heavy atom. The number of hydrogen-bond donors (Lipinski definition) is 1. The van der Waals surface area contributed by atoms with Gasteiger partial charge in [-0.05, 0) is 48.1 Å². The fraction of sp³-hybridized carbons (Fsp3) is 0.308. The van der Waals surface area contributed by atoms with E-state index in [1.807, 2.05) is 0 Å². The van der Waals surface area contributed by atoms with Crippen molar-refractivity contribution in [2.45, 2.75) is 45.1 Å². The van der Waals surface area contributed by atoms with Crippen molar-refractivity contribution in [1.29, 1.82) is 0 Å². The standard InChI is InChI=1S/C26H31N/c1-20(2)22-14-16-23(17-15-22)21(3)27-19-18-26(24-10-6-4-7-11-24)25-12-8-5-9-13-25/h4-17,20-21,26-27H,18-19H2,1-3H3. The second kappa shape index (κ2) is 9.53. The van der Waals surface area contributed by atoms with Gasteiger partial charge in [0.1, 0.15) is 0 Å². The molecule has 0 spiro atoms. The van der Waals surface area contributed by atoms with Gasteiger partial charge in [-0.3, -0.25) is 0 Å². The van der Waals surface area contributed by atoms with Crippen molar-refractivity contribution in [3.8, 4) is 0 Å². The van der Waals surface area contributed by atoms with Crippen LogP contribution in [0.4, 0.5) is 0 Å². The van der Waals surface area contributed by atoms with Gasteiger partial charge in [0, 0.05) is 12.0 Å². The molecule has 0 saturated carbocycles. The second-order valence-corrected chi connectivity index (χ2v) is 7.66. The number of rotatable bonds is 8. The largest absolute Gasteiger partial charge is 0.310 e. The molecule has 1 atom stereocenters. The van der Waals surface area contributed by atoms with E-state index >= 15 is 0 Å². The van der Waals surface area contributed by atoms with E-state index in [1.54, 1.807) is 0 Å². The number of hydrogen-bond acceptors (Lipinski definition) is 1. The Balaban J connectivity index is 1.64. The summed E-state index contributed by atoms with van der Waals surface area (Å²) in [5.74, 6) is 1.01. The molecule has 0 saturated heterocycles. The summed E-state index contributed by atoms with van der Waals surface area (Å²) in [5.41, 5.74) is 5.54. The molecule has 27 heavy (non-hydrogen) atoms. The Morgan fingerprint density at radius 2 is 1.07 bits per heavy atom. The fourth-order valence-electron chi connectivity index (χ4n) is 3.63. The Labute approximate surface area is 164 Å². The van der Waals surface area contributed by atoms with Crippen LogP contribution >= 0.6 is 0 Å². The Bertz CT molecular complexity index is 751. The lowest BCUT2D eigenvalue weighted by Crippen LogP contribution is -2.22. The third-order valence-electron chi connectivity index (χ3n) is 5.39. The topological polar surface area (TPSA) is 12.0 Å². The quantitative estimate of drug-likeness (QED) is 0.474. The molecule has 3 aromatic rings. The molecular weight excluding hydrogens is 326 g/mol. The van der Waals surface area contributed by atoms with E-state index in [0.29, 0.717) is 17.9 Å². The van der Waals surface area contributed by atoms with Gasteiger partial charge >= 0.3 is 0 Å². The normalized spacial score (nSPS) is 12.5. The molecule has 3 rings (SSSR count). The zero-order chi connectivity index (χ0) is 19.1. The van der Waals surface area contributed by atoms with Gasteiger partial charge in [-0.2, -0.15) is 0 Å². The first-order valence-corrected chi connectivity index (χ1v) is 10.1. The van der Waals surface area contributed by atoms with Crippen molar-refractivity contribution < 1.29 is 0 Å². The first kappa shape index (κ1) is 19.4. The lowest BCUT2D eigenvalue weighted by molar-refractivity contribution is 0.540. The van der Waals surface area contributed by atoms with Crippen LogP contribution in [0, 0.1) is 0 Å². The molecule has 1 unspecified atom stereocenters. The number of nitrogens with one attached hydrogen (secondary N) is 1. The summed E-state index contributed by atoms with van der Waals surface area (Å²) in [6.45, 7) is 7.72. The van der Waals surface area contributed by atoms with Crippen LogP contribution in [0.25, 0.3) is 0 Å². The van der Waals surface area contributed by atoms with Crippen LogP contribution in [0.1, 0.15) is 67.3 Å². The SMILES string of the molecule is CC(C)c1ccc(C(C)NCCC(c2ccccc2)c2ccccc2)cc1. The van der Waals surface area contributed by atoms with E-state index in [9.17, 15) is 0 Å². The number of benzene rings is 3. The molecule has 0 bridgehead atoms. The van der Waals surface area contributed by atoms with E-state index in [0.717, 1.165) is 13.0 Å².